The zero-order valence-electron chi connectivity index (χ0n) is 7.02. The summed E-state index contributed by atoms with van der Waals surface area (Å²) >= 11 is 0. The molecule has 58 valence electrons. The fourth-order valence-electron chi connectivity index (χ4n) is 0.952. The lowest BCUT2D eigenvalue weighted by Crippen LogP contribution is -2.42. The summed E-state index contributed by atoms with van der Waals surface area (Å²) < 4.78 is 0. The predicted molar refractivity (Wildman–Crippen MR) is 43.3 cm³/mol. The summed E-state index contributed by atoms with van der Waals surface area (Å²) in [6.07, 6.45) is 5.56. The van der Waals surface area contributed by atoms with Crippen LogP contribution in [0.25, 0.3) is 0 Å². The molecule has 1 aliphatic rings. The molecule has 0 saturated heterocycles. The first-order valence-corrected chi connectivity index (χ1v) is 3.82. The van der Waals surface area contributed by atoms with Crippen LogP contribution < -0.4 is 5.43 Å². The molecule has 1 atom stereocenters. The molecule has 0 aliphatic carbocycles. The highest BCUT2D eigenvalue weighted by molar-refractivity contribution is 4.99. The largest absolute Gasteiger partial charge is 0.319 e. The van der Waals surface area contributed by atoms with Crippen LogP contribution in [-0.4, -0.2) is 18.6 Å². The van der Waals surface area contributed by atoms with Gasteiger partial charge in [-0.05, 0) is 6.42 Å². The first-order valence-electron chi connectivity index (χ1n) is 3.82. The quantitative estimate of drug-likeness (QED) is 0.591. The van der Waals surface area contributed by atoms with E-state index in [1.165, 1.54) is 6.42 Å². The molecule has 0 aromatic rings. The Balaban J connectivity index is 2.59. The van der Waals surface area contributed by atoms with Gasteiger partial charge in [0.2, 0.25) is 0 Å². The molecule has 0 aromatic carbocycles. The van der Waals surface area contributed by atoms with Crippen LogP contribution in [0.5, 0.6) is 0 Å². The van der Waals surface area contributed by atoms with Gasteiger partial charge in [0, 0.05) is 25.2 Å². The lowest BCUT2D eigenvalue weighted by Gasteiger charge is -2.32. The molecule has 0 amide bonds. The molecular formula is C8H16N2. The average molecular weight is 140 g/mol. The monoisotopic (exact) mass is 140 g/mol. The van der Waals surface area contributed by atoms with Gasteiger partial charge >= 0.3 is 0 Å². The van der Waals surface area contributed by atoms with Crippen LogP contribution in [0, 0.1) is 5.41 Å². The van der Waals surface area contributed by atoms with E-state index in [4.69, 9.17) is 0 Å². The van der Waals surface area contributed by atoms with Crippen molar-refractivity contribution in [2.24, 2.45) is 5.41 Å². The van der Waals surface area contributed by atoms with E-state index in [-0.39, 0.29) is 0 Å². The Bertz CT molecular complexity index is 142. The van der Waals surface area contributed by atoms with Crippen molar-refractivity contribution in [3.63, 3.8) is 0 Å². The van der Waals surface area contributed by atoms with E-state index in [0.717, 1.165) is 6.54 Å². The van der Waals surface area contributed by atoms with Crippen LogP contribution in [-0.2, 0) is 0 Å². The van der Waals surface area contributed by atoms with Crippen molar-refractivity contribution in [2.45, 2.75) is 20.3 Å². The number of hydrazine groups is 1. The number of rotatable bonds is 1. The molecular weight excluding hydrogens is 124 g/mol. The summed E-state index contributed by atoms with van der Waals surface area (Å²) in [6, 6.07) is 0. The van der Waals surface area contributed by atoms with Gasteiger partial charge in [0.15, 0.2) is 0 Å². The lowest BCUT2D eigenvalue weighted by molar-refractivity contribution is 0.226. The molecule has 2 nitrogen and oxygen atoms in total. The number of nitrogens with one attached hydrogen (secondary N) is 1. The minimum Gasteiger partial charge on any atom is -0.319 e. The Morgan fingerprint density at radius 3 is 2.80 bits per heavy atom. The van der Waals surface area contributed by atoms with Gasteiger partial charge in [0.05, 0.1) is 0 Å². The number of hydrogen-bond donors (Lipinski definition) is 1. The van der Waals surface area contributed by atoms with Crippen molar-refractivity contribution in [1.82, 2.24) is 10.4 Å². The van der Waals surface area contributed by atoms with Crippen LogP contribution in [0.3, 0.4) is 0 Å². The Labute approximate surface area is 62.9 Å². The van der Waals surface area contributed by atoms with Gasteiger partial charge < -0.3 is 5.01 Å². The van der Waals surface area contributed by atoms with E-state index >= 15 is 0 Å². The molecule has 0 radical (unpaired) electrons. The molecule has 0 bridgehead atoms. The van der Waals surface area contributed by atoms with E-state index in [0.29, 0.717) is 5.41 Å². The van der Waals surface area contributed by atoms with Crippen LogP contribution in [0.2, 0.25) is 0 Å². The van der Waals surface area contributed by atoms with Gasteiger partial charge in [-0.1, -0.05) is 19.9 Å². The lowest BCUT2D eigenvalue weighted by atomic mass is 9.87. The minimum atomic E-state index is 0.368. The van der Waals surface area contributed by atoms with Crippen LogP contribution in [0.1, 0.15) is 20.3 Å². The summed E-state index contributed by atoms with van der Waals surface area (Å²) in [5.74, 6) is 0. The standard InChI is InChI=1S/C8H16N2/c1-4-8(2)5-6-10(3)9-7-8/h5-6,9H,4,7H2,1-3H3. The van der Waals surface area contributed by atoms with Gasteiger partial charge in [-0.3, -0.25) is 0 Å². The molecule has 1 N–H and O–H groups in total. The zero-order valence-corrected chi connectivity index (χ0v) is 7.02. The van der Waals surface area contributed by atoms with E-state index in [1.807, 2.05) is 12.1 Å². The second kappa shape index (κ2) is 2.62. The molecule has 0 aromatic heterocycles. The van der Waals surface area contributed by atoms with Gasteiger partial charge in [-0.25, -0.2) is 5.43 Å². The molecule has 0 fully saturated rings. The molecule has 10 heavy (non-hydrogen) atoms. The summed E-state index contributed by atoms with van der Waals surface area (Å²) in [7, 11) is 2.02. The van der Waals surface area contributed by atoms with Crippen molar-refractivity contribution >= 4 is 0 Å². The number of hydrogen-bond acceptors (Lipinski definition) is 2. The van der Waals surface area contributed by atoms with E-state index in [2.05, 4.69) is 31.5 Å². The van der Waals surface area contributed by atoms with Gasteiger partial charge in [0.25, 0.3) is 0 Å². The van der Waals surface area contributed by atoms with Crippen LogP contribution >= 0.6 is 0 Å². The molecule has 2 heteroatoms. The first kappa shape index (κ1) is 7.61. The molecule has 1 rings (SSSR count). The van der Waals surface area contributed by atoms with Gasteiger partial charge in [0.1, 0.15) is 0 Å². The highest BCUT2D eigenvalue weighted by Crippen LogP contribution is 2.23. The summed E-state index contributed by atoms with van der Waals surface area (Å²) in [6.45, 7) is 5.54. The second-order valence-corrected chi connectivity index (χ2v) is 3.27. The molecule has 1 unspecified atom stereocenters. The maximum absolute atomic E-state index is 3.27. The normalized spacial score (nSPS) is 32.9. The molecule has 1 heterocycles. The Hall–Kier alpha value is -0.500. The second-order valence-electron chi connectivity index (χ2n) is 3.27. The maximum Gasteiger partial charge on any atom is 0.0239 e. The SMILES string of the molecule is CCC1(C)C=CN(C)NC1. The molecule has 1 aliphatic heterocycles. The van der Waals surface area contributed by atoms with Crippen molar-refractivity contribution in [3.05, 3.63) is 12.3 Å². The van der Waals surface area contributed by atoms with Crippen LogP contribution in [0.15, 0.2) is 12.3 Å². The first-order chi connectivity index (χ1) is 4.66. The summed E-state index contributed by atoms with van der Waals surface area (Å²) in [5, 5.41) is 2.00. The van der Waals surface area contributed by atoms with Gasteiger partial charge in [-0.2, -0.15) is 0 Å². The van der Waals surface area contributed by atoms with Gasteiger partial charge in [-0.15, -0.1) is 0 Å². The zero-order chi connectivity index (χ0) is 7.61. The van der Waals surface area contributed by atoms with E-state index in [9.17, 15) is 0 Å². The van der Waals surface area contributed by atoms with Crippen molar-refractivity contribution in [3.8, 4) is 0 Å². The fourth-order valence-corrected chi connectivity index (χ4v) is 0.952. The third-order valence-corrected chi connectivity index (χ3v) is 2.24. The third-order valence-electron chi connectivity index (χ3n) is 2.24. The smallest absolute Gasteiger partial charge is 0.0239 e. The topological polar surface area (TPSA) is 15.3 Å². The Morgan fingerprint density at radius 1 is 1.70 bits per heavy atom. The summed E-state index contributed by atoms with van der Waals surface area (Å²) in [5.41, 5.74) is 3.64. The van der Waals surface area contributed by atoms with Crippen LogP contribution in [0.4, 0.5) is 0 Å². The number of nitrogens with zero attached hydrogens (tertiary/aromatic N) is 1. The predicted octanol–water partition coefficient (Wildman–Crippen LogP) is 1.37. The molecule has 0 spiro atoms. The van der Waals surface area contributed by atoms with Crippen molar-refractivity contribution < 1.29 is 0 Å². The van der Waals surface area contributed by atoms with Crippen molar-refractivity contribution in [2.75, 3.05) is 13.6 Å². The minimum absolute atomic E-state index is 0.368. The summed E-state index contributed by atoms with van der Waals surface area (Å²) in [4.78, 5) is 0. The maximum atomic E-state index is 3.27. The van der Waals surface area contributed by atoms with Crippen molar-refractivity contribution in [1.29, 1.82) is 0 Å². The Kier molecular flexibility index (Phi) is 2.00. The molecule has 0 saturated carbocycles. The van der Waals surface area contributed by atoms with E-state index in [1.54, 1.807) is 0 Å². The highest BCUT2D eigenvalue weighted by Gasteiger charge is 2.21. The highest BCUT2D eigenvalue weighted by atomic mass is 15.5. The fraction of sp³-hybridized carbons (Fsp3) is 0.750. The third kappa shape index (κ3) is 1.51. The van der Waals surface area contributed by atoms with E-state index < -0.39 is 0 Å². The Morgan fingerprint density at radius 2 is 2.40 bits per heavy atom. The average Bonchev–Trinajstić information content (AvgIpc) is 1.96.